The number of aromatic nitrogens is 2. The lowest BCUT2D eigenvalue weighted by Crippen LogP contribution is -2.11. The van der Waals surface area contributed by atoms with Crippen molar-refractivity contribution < 1.29 is 4.79 Å². The monoisotopic (exact) mass is 279 g/mol. The Balaban J connectivity index is 1.96. The van der Waals surface area contributed by atoms with Gasteiger partial charge in [0.05, 0.1) is 6.42 Å². The van der Waals surface area contributed by atoms with Gasteiger partial charge >= 0.3 is 0 Å². The van der Waals surface area contributed by atoms with Gasteiger partial charge < -0.3 is 10.3 Å². The van der Waals surface area contributed by atoms with Crippen LogP contribution < -0.4 is 5.73 Å². The molecule has 0 fully saturated rings. The Labute approximate surface area is 123 Å². The second-order valence-corrected chi connectivity index (χ2v) is 5.02. The molecule has 0 saturated carbocycles. The number of Topliss-reactive ketones (excluding diaryl/α,β-unsaturated/α-hetero) is 1. The maximum atomic E-state index is 12.5. The lowest BCUT2D eigenvalue weighted by molar-refractivity contribution is 0.0990. The Hall–Kier alpha value is -2.62. The molecule has 4 heteroatoms. The predicted octanol–water partition coefficient (Wildman–Crippen LogP) is 3.06. The lowest BCUT2D eigenvalue weighted by atomic mass is 10.0. The zero-order valence-corrected chi connectivity index (χ0v) is 11.9. The number of nitrogens with two attached hydrogens (primary N) is 1. The number of nitrogens with zero attached hydrogens (tertiary/aromatic N) is 2. The van der Waals surface area contributed by atoms with Gasteiger partial charge in [0.25, 0.3) is 0 Å². The van der Waals surface area contributed by atoms with Crippen molar-refractivity contribution in [3.05, 3.63) is 60.2 Å². The molecule has 0 unspecified atom stereocenters. The van der Waals surface area contributed by atoms with E-state index in [9.17, 15) is 4.79 Å². The smallest absolute Gasteiger partial charge is 0.172 e. The van der Waals surface area contributed by atoms with Crippen molar-refractivity contribution in [2.24, 2.45) is 0 Å². The topological polar surface area (TPSA) is 60.9 Å². The van der Waals surface area contributed by atoms with E-state index in [4.69, 9.17) is 5.73 Å². The van der Waals surface area contributed by atoms with Gasteiger partial charge in [0.15, 0.2) is 5.78 Å². The van der Waals surface area contributed by atoms with Crippen LogP contribution in [-0.4, -0.2) is 15.3 Å². The van der Waals surface area contributed by atoms with Crippen LogP contribution in [0.15, 0.2) is 48.8 Å². The maximum absolute atomic E-state index is 12.5. The Kier molecular flexibility index (Phi) is 3.44. The summed E-state index contributed by atoms with van der Waals surface area (Å²) in [5.41, 5.74) is 7.13. The SMILES string of the molecule is CCn1ccnc1CC(=O)c1cc2ccccc2cc1N. The van der Waals surface area contributed by atoms with E-state index in [0.29, 0.717) is 11.3 Å². The number of hydrogen-bond acceptors (Lipinski definition) is 3. The molecule has 106 valence electrons. The van der Waals surface area contributed by atoms with Crippen LogP contribution in [0.1, 0.15) is 23.1 Å². The molecule has 0 amide bonds. The maximum Gasteiger partial charge on any atom is 0.172 e. The van der Waals surface area contributed by atoms with Gasteiger partial charge in [-0.15, -0.1) is 0 Å². The number of carbonyl (C=O) groups is 1. The van der Waals surface area contributed by atoms with E-state index in [1.807, 2.05) is 54.1 Å². The Bertz CT molecular complexity index is 805. The molecule has 2 aromatic carbocycles. The molecule has 1 aromatic heterocycles. The van der Waals surface area contributed by atoms with Crippen LogP contribution >= 0.6 is 0 Å². The third-order valence-corrected chi connectivity index (χ3v) is 3.68. The van der Waals surface area contributed by atoms with Crippen molar-refractivity contribution in [1.29, 1.82) is 0 Å². The number of carbonyl (C=O) groups excluding carboxylic acids is 1. The molecule has 0 spiro atoms. The fourth-order valence-electron chi connectivity index (χ4n) is 2.53. The second-order valence-electron chi connectivity index (χ2n) is 5.02. The number of hydrogen-bond donors (Lipinski definition) is 1. The largest absolute Gasteiger partial charge is 0.398 e. The number of aryl methyl sites for hydroxylation is 1. The fourth-order valence-corrected chi connectivity index (χ4v) is 2.53. The van der Waals surface area contributed by atoms with E-state index < -0.39 is 0 Å². The molecule has 0 aliphatic heterocycles. The summed E-state index contributed by atoms with van der Waals surface area (Å²) < 4.78 is 1.97. The minimum atomic E-state index is -0.000784. The van der Waals surface area contributed by atoms with Crippen molar-refractivity contribution in [3.63, 3.8) is 0 Å². The Morgan fingerprint density at radius 3 is 2.67 bits per heavy atom. The molecule has 0 saturated heterocycles. The molecule has 2 N–H and O–H groups in total. The van der Waals surface area contributed by atoms with E-state index in [-0.39, 0.29) is 12.2 Å². The highest BCUT2D eigenvalue weighted by Gasteiger charge is 2.14. The van der Waals surface area contributed by atoms with Crippen LogP contribution in [0, 0.1) is 0 Å². The van der Waals surface area contributed by atoms with Gasteiger partial charge in [-0.05, 0) is 29.8 Å². The van der Waals surface area contributed by atoms with Gasteiger partial charge in [0, 0.05) is 30.2 Å². The number of anilines is 1. The van der Waals surface area contributed by atoms with E-state index in [1.54, 1.807) is 6.20 Å². The van der Waals surface area contributed by atoms with Crippen molar-refractivity contribution >= 4 is 22.2 Å². The molecule has 0 bridgehead atoms. The van der Waals surface area contributed by atoms with Crippen LogP contribution in [0.25, 0.3) is 10.8 Å². The van der Waals surface area contributed by atoms with E-state index in [1.165, 1.54) is 0 Å². The van der Waals surface area contributed by atoms with Gasteiger partial charge in [-0.2, -0.15) is 0 Å². The molecule has 0 radical (unpaired) electrons. The van der Waals surface area contributed by atoms with Crippen LogP contribution in [0.3, 0.4) is 0 Å². The summed E-state index contributed by atoms with van der Waals surface area (Å²) in [5.74, 6) is 0.772. The van der Waals surface area contributed by atoms with Gasteiger partial charge in [-0.25, -0.2) is 4.98 Å². The molecular formula is C17H17N3O. The highest BCUT2D eigenvalue weighted by molar-refractivity contribution is 6.05. The number of benzene rings is 2. The van der Waals surface area contributed by atoms with E-state index in [0.717, 1.165) is 23.1 Å². The van der Waals surface area contributed by atoms with E-state index in [2.05, 4.69) is 4.98 Å². The first-order valence-electron chi connectivity index (χ1n) is 7.00. The number of fused-ring (bicyclic) bond motifs is 1. The second kappa shape index (κ2) is 5.40. The van der Waals surface area contributed by atoms with Crippen molar-refractivity contribution in [2.45, 2.75) is 19.9 Å². The first-order chi connectivity index (χ1) is 10.2. The summed E-state index contributed by atoms with van der Waals surface area (Å²) in [6, 6.07) is 11.6. The lowest BCUT2D eigenvalue weighted by Gasteiger charge is -2.08. The minimum Gasteiger partial charge on any atom is -0.398 e. The molecule has 3 rings (SSSR count). The molecule has 21 heavy (non-hydrogen) atoms. The molecule has 0 aliphatic rings. The van der Waals surface area contributed by atoms with E-state index >= 15 is 0 Å². The average molecular weight is 279 g/mol. The summed E-state index contributed by atoms with van der Waals surface area (Å²) in [6.45, 7) is 2.83. The normalized spacial score (nSPS) is 10.9. The van der Waals surface area contributed by atoms with Crippen LogP contribution in [0.4, 0.5) is 5.69 Å². The highest BCUT2D eigenvalue weighted by atomic mass is 16.1. The molecule has 4 nitrogen and oxygen atoms in total. The van der Waals surface area contributed by atoms with Crippen LogP contribution in [-0.2, 0) is 13.0 Å². The standard InChI is InChI=1S/C17H17N3O/c1-2-20-8-7-19-17(20)11-16(21)14-9-12-5-3-4-6-13(12)10-15(14)18/h3-10H,2,11,18H2,1H3. The molecule has 1 heterocycles. The molecule has 0 atom stereocenters. The average Bonchev–Trinajstić information content (AvgIpc) is 2.93. The van der Waals surface area contributed by atoms with Crippen molar-refractivity contribution in [3.8, 4) is 0 Å². The fraction of sp³-hybridized carbons (Fsp3) is 0.176. The highest BCUT2D eigenvalue weighted by Crippen LogP contribution is 2.23. The minimum absolute atomic E-state index is 0.000784. The quantitative estimate of drug-likeness (QED) is 0.589. The zero-order valence-electron chi connectivity index (χ0n) is 11.9. The summed E-state index contributed by atoms with van der Waals surface area (Å²) in [4.78, 5) is 16.8. The van der Waals surface area contributed by atoms with Crippen molar-refractivity contribution in [1.82, 2.24) is 9.55 Å². The Morgan fingerprint density at radius 1 is 1.24 bits per heavy atom. The molecule has 0 aliphatic carbocycles. The third kappa shape index (κ3) is 2.52. The summed E-state index contributed by atoms with van der Waals surface area (Å²) in [7, 11) is 0. The Morgan fingerprint density at radius 2 is 1.95 bits per heavy atom. The van der Waals surface area contributed by atoms with Gasteiger partial charge in [0.1, 0.15) is 5.82 Å². The number of rotatable bonds is 4. The van der Waals surface area contributed by atoms with Crippen LogP contribution in [0.2, 0.25) is 0 Å². The van der Waals surface area contributed by atoms with Crippen LogP contribution in [0.5, 0.6) is 0 Å². The van der Waals surface area contributed by atoms with Gasteiger partial charge in [-0.1, -0.05) is 24.3 Å². The molecular weight excluding hydrogens is 262 g/mol. The van der Waals surface area contributed by atoms with Gasteiger partial charge in [0.2, 0.25) is 0 Å². The predicted molar refractivity (Wildman–Crippen MR) is 84.3 cm³/mol. The molecule has 3 aromatic rings. The summed E-state index contributed by atoms with van der Waals surface area (Å²) in [6.07, 6.45) is 3.87. The number of nitrogen functional groups attached to an aromatic ring is 1. The number of ketones is 1. The zero-order chi connectivity index (χ0) is 14.8. The van der Waals surface area contributed by atoms with Gasteiger partial charge in [-0.3, -0.25) is 4.79 Å². The summed E-state index contributed by atoms with van der Waals surface area (Å²) >= 11 is 0. The summed E-state index contributed by atoms with van der Waals surface area (Å²) in [5, 5.41) is 2.07. The van der Waals surface area contributed by atoms with Crippen molar-refractivity contribution in [2.75, 3.05) is 5.73 Å². The first-order valence-corrected chi connectivity index (χ1v) is 7.00. The third-order valence-electron chi connectivity index (χ3n) is 3.68. The number of imidazole rings is 1. The first kappa shape index (κ1) is 13.4.